The Morgan fingerprint density at radius 2 is 1.92 bits per heavy atom. The second kappa shape index (κ2) is 8.37. The van der Waals surface area contributed by atoms with Crippen molar-refractivity contribution in [1.82, 2.24) is 4.90 Å². The number of para-hydroxylation sites is 1. The van der Waals surface area contributed by atoms with E-state index in [2.05, 4.69) is 42.2 Å². The van der Waals surface area contributed by atoms with Crippen LogP contribution >= 0.6 is 0 Å². The van der Waals surface area contributed by atoms with Crippen LogP contribution in [0.3, 0.4) is 0 Å². The first-order valence-electron chi connectivity index (χ1n) is 9.38. The highest BCUT2D eigenvalue weighted by Crippen LogP contribution is 2.38. The van der Waals surface area contributed by atoms with E-state index in [4.69, 9.17) is 4.74 Å². The summed E-state index contributed by atoms with van der Waals surface area (Å²) in [6, 6.07) is 15.8. The summed E-state index contributed by atoms with van der Waals surface area (Å²) in [5.74, 6) is 0.0889. The third-order valence-corrected chi connectivity index (χ3v) is 5.07. The molecule has 3 rings (SSSR count). The van der Waals surface area contributed by atoms with Gasteiger partial charge in [0, 0.05) is 5.56 Å². The van der Waals surface area contributed by atoms with Crippen molar-refractivity contribution in [2.45, 2.75) is 45.2 Å². The molecule has 4 nitrogen and oxygen atoms in total. The standard InChI is InChI=1S/C22H27NO3/c1-3-26-20-10-5-4-8-18(20)21(17-13-11-16(2)12-14-17)23-15-7-6-9-19(23)22(24)25/h4-5,8,10-14,19,21H,3,6-7,9,15H2,1-2H3,(H,24,25). The lowest BCUT2D eigenvalue weighted by Gasteiger charge is -2.40. The largest absolute Gasteiger partial charge is 0.494 e. The third kappa shape index (κ3) is 3.91. The molecule has 0 bridgehead atoms. The van der Waals surface area contributed by atoms with Gasteiger partial charge in [-0.2, -0.15) is 0 Å². The number of piperidine rings is 1. The van der Waals surface area contributed by atoms with Gasteiger partial charge in [-0.05, 0) is 44.9 Å². The molecule has 0 amide bonds. The first kappa shape index (κ1) is 18.5. The van der Waals surface area contributed by atoms with E-state index in [1.165, 1.54) is 5.56 Å². The second-order valence-corrected chi connectivity index (χ2v) is 6.87. The van der Waals surface area contributed by atoms with Crippen LogP contribution in [0.5, 0.6) is 5.75 Å². The molecule has 1 aliphatic rings. The van der Waals surface area contributed by atoms with Gasteiger partial charge in [-0.25, -0.2) is 0 Å². The van der Waals surface area contributed by atoms with Crippen molar-refractivity contribution < 1.29 is 14.6 Å². The Morgan fingerprint density at radius 1 is 1.19 bits per heavy atom. The zero-order valence-corrected chi connectivity index (χ0v) is 15.5. The molecule has 1 heterocycles. The van der Waals surface area contributed by atoms with E-state index in [-0.39, 0.29) is 6.04 Å². The number of hydrogen-bond acceptors (Lipinski definition) is 3. The molecule has 0 saturated carbocycles. The van der Waals surface area contributed by atoms with E-state index in [1.54, 1.807) is 0 Å². The number of carboxylic acids is 1. The highest BCUT2D eigenvalue weighted by atomic mass is 16.5. The predicted molar refractivity (Wildman–Crippen MR) is 103 cm³/mol. The molecule has 0 radical (unpaired) electrons. The molecule has 4 heteroatoms. The number of aryl methyl sites for hydroxylation is 1. The number of benzene rings is 2. The second-order valence-electron chi connectivity index (χ2n) is 6.87. The van der Waals surface area contributed by atoms with E-state index < -0.39 is 12.0 Å². The van der Waals surface area contributed by atoms with Crippen LogP contribution in [0.4, 0.5) is 0 Å². The van der Waals surface area contributed by atoms with Gasteiger partial charge in [-0.15, -0.1) is 0 Å². The maximum atomic E-state index is 11.9. The molecule has 2 aromatic carbocycles. The Kier molecular flexibility index (Phi) is 5.94. The Labute approximate surface area is 155 Å². The number of hydrogen-bond donors (Lipinski definition) is 1. The average Bonchev–Trinajstić information content (AvgIpc) is 2.65. The van der Waals surface area contributed by atoms with Gasteiger partial charge in [0.05, 0.1) is 12.6 Å². The minimum absolute atomic E-state index is 0.125. The molecule has 2 aromatic rings. The van der Waals surface area contributed by atoms with Gasteiger partial charge in [0.2, 0.25) is 0 Å². The Bertz CT molecular complexity index is 741. The third-order valence-electron chi connectivity index (χ3n) is 5.07. The Hall–Kier alpha value is -2.33. The Balaban J connectivity index is 2.10. The lowest BCUT2D eigenvalue weighted by Crippen LogP contribution is -2.46. The van der Waals surface area contributed by atoms with Crippen LogP contribution in [0.25, 0.3) is 0 Å². The highest BCUT2D eigenvalue weighted by Gasteiger charge is 2.36. The summed E-state index contributed by atoms with van der Waals surface area (Å²) in [6.45, 7) is 5.39. The van der Waals surface area contributed by atoms with Crippen molar-refractivity contribution in [3.63, 3.8) is 0 Å². The fourth-order valence-corrected chi connectivity index (χ4v) is 3.82. The summed E-state index contributed by atoms with van der Waals surface area (Å²) >= 11 is 0. The molecular weight excluding hydrogens is 326 g/mol. The van der Waals surface area contributed by atoms with Crippen molar-refractivity contribution in [3.05, 3.63) is 65.2 Å². The fraction of sp³-hybridized carbons (Fsp3) is 0.409. The van der Waals surface area contributed by atoms with Crippen molar-refractivity contribution >= 4 is 5.97 Å². The minimum atomic E-state index is -0.740. The van der Waals surface area contributed by atoms with Gasteiger partial charge in [0.1, 0.15) is 11.8 Å². The molecule has 2 atom stereocenters. The number of nitrogens with zero attached hydrogens (tertiary/aromatic N) is 1. The lowest BCUT2D eigenvalue weighted by atomic mass is 9.91. The number of carbonyl (C=O) groups is 1. The number of rotatable bonds is 6. The summed E-state index contributed by atoms with van der Waals surface area (Å²) in [5, 5.41) is 9.80. The smallest absolute Gasteiger partial charge is 0.320 e. The van der Waals surface area contributed by atoms with E-state index in [0.717, 1.165) is 36.3 Å². The maximum Gasteiger partial charge on any atom is 0.320 e. The monoisotopic (exact) mass is 353 g/mol. The van der Waals surface area contributed by atoms with Crippen molar-refractivity contribution in [1.29, 1.82) is 0 Å². The summed E-state index contributed by atoms with van der Waals surface area (Å²) < 4.78 is 5.88. The van der Waals surface area contributed by atoms with Gasteiger partial charge in [-0.3, -0.25) is 9.69 Å². The van der Waals surface area contributed by atoms with Crippen molar-refractivity contribution in [3.8, 4) is 5.75 Å². The van der Waals surface area contributed by atoms with Gasteiger partial charge < -0.3 is 9.84 Å². The SMILES string of the molecule is CCOc1ccccc1C(c1ccc(C)cc1)N1CCCCC1C(=O)O. The lowest BCUT2D eigenvalue weighted by molar-refractivity contribution is -0.145. The molecule has 1 aliphatic heterocycles. The molecule has 26 heavy (non-hydrogen) atoms. The quantitative estimate of drug-likeness (QED) is 0.835. The van der Waals surface area contributed by atoms with Crippen LogP contribution in [0, 0.1) is 6.92 Å². The van der Waals surface area contributed by atoms with Crippen molar-refractivity contribution in [2.75, 3.05) is 13.2 Å². The minimum Gasteiger partial charge on any atom is -0.494 e. The maximum absolute atomic E-state index is 11.9. The first-order chi connectivity index (χ1) is 12.6. The summed E-state index contributed by atoms with van der Waals surface area (Å²) in [7, 11) is 0. The van der Waals surface area contributed by atoms with Gasteiger partial charge in [-0.1, -0.05) is 54.4 Å². The van der Waals surface area contributed by atoms with Crippen LogP contribution in [-0.2, 0) is 4.79 Å². The van der Waals surface area contributed by atoms with Crippen LogP contribution in [0.2, 0.25) is 0 Å². The fourth-order valence-electron chi connectivity index (χ4n) is 3.82. The molecule has 1 saturated heterocycles. The molecule has 1 fully saturated rings. The average molecular weight is 353 g/mol. The van der Waals surface area contributed by atoms with E-state index in [1.807, 2.05) is 25.1 Å². The number of aliphatic carboxylic acids is 1. The highest BCUT2D eigenvalue weighted by molar-refractivity contribution is 5.73. The molecule has 0 aliphatic carbocycles. The molecule has 138 valence electrons. The van der Waals surface area contributed by atoms with Gasteiger partial charge >= 0.3 is 5.97 Å². The van der Waals surface area contributed by atoms with Crippen molar-refractivity contribution in [2.24, 2.45) is 0 Å². The van der Waals surface area contributed by atoms with Crippen LogP contribution < -0.4 is 4.74 Å². The summed E-state index contributed by atoms with van der Waals surface area (Å²) in [5.41, 5.74) is 3.33. The van der Waals surface area contributed by atoms with Crippen LogP contribution in [-0.4, -0.2) is 35.2 Å². The van der Waals surface area contributed by atoms with E-state index in [9.17, 15) is 9.90 Å². The van der Waals surface area contributed by atoms with Crippen LogP contribution in [0.1, 0.15) is 48.9 Å². The van der Waals surface area contributed by atoms with Gasteiger partial charge in [0.15, 0.2) is 0 Å². The summed E-state index contributed by atoms with van der Waals surface area (Å²) in [4.78, 5) is 14.1. The molecule has 1 N–H and O–H groups in total. The predicted octanol–water partition coefficient (Wildman–Crippen LogP) is 4.42. The zero-order valence-electron chi connectivity index (χ0n) is 15.5. The molecule has 2 unspecified atom stereocenters. The number of ether oxygens (including phenoxy) is 1. The summed E-state index contributed by atoms with van der Waals surface area (Å²) in [6.07, 6.45) is 2.67. The van der Waals surface area contributed by atoms with E-state index in [0.29, 0.717) is 13.0 Å². The normalized spacial score (nSPS) is 19.1. The zero-order chi connectivity index (χ0) is 18.5. The van der Waals surface area contributed by atoms with Crippen LogP contribution in [0.15, 0.2) is 48.5 Å². The number of carboxylic acid groups (broad SMARTS) is 1. The Morgan fingerprint density at radius 3 is 2.62 bits per heavy atom. The first-order valence-corrected chi connectivity index (χ1v) is 9.38. The molecule has 0 aromatic heterocycles. The number of likely N-dealkylation sites (tertiary alicyclic amines) is 1. The topological polar surface area (TPSA) is 49.8 Å². The molecular formula is C22H27NO3. The van der Waals surface area contributed by atoms with E-state index >= 15 is 0 Å². The molecule has 0 spiro atoms. The van der Waals surface area contributed by atoms with Gasteiger partial charge in [0.25, 0.3) is 0 Å².